The third-order valence-electron chi connectivity index (χ3n) is 3.67. The molecule has 2 rings (SSSR count). The van der Waals surface area contributed by atoms with E-state index < -0.39 is 0 Å². The van der Waals surface area contributed by atoms with Crippen LogP contribution < -0.4 is 5.32 Å². The fourth-order valence-corrected chi connectivity index (χ4v) is 2.94. The molecule has 1 aliphatic heterocycles. The first-order valence-electron chi connectivity index (χ1n) is 7.46. The normalized spacial score (nSPS) is 22.6. The highest BCUT2D eigenvalue weighted by molar-refractivity contribution is 6.30. The summed E-state index contributed by atoms with van der Waals surface area (Å²) in [6.07, 6.45) is 3.08. The zero-order chi connectivity index (χ0) is 14.4. The highest BCUT2D eigenvalue weighted by Gasteiger charge is 2.25. The Kier molecular flexibility index (Phi) is 6.30. The minimum Gasteiger partial charge on any atom is -0.372 e. The van der Waals surface area contributed by atoms with Crippen molar-refractivity contribution in [1.29, 1.82) is 0 Å². The van der Waals surface area contributed by atoms with Gasteiger partial charge < -0.3 is 10.1 Å². The lowest BCUT2D eigenvalue weighted by atomic mass is 10.1. The zero-order valence-electron chi connectivity index (χ0n) is 12.4. The Morgan fingerprint density at radius 3 is 2.90 bits per heavy atom. The van der Waals surface area contributed by atoms with Crippen LogP contribution in [0.4, 0.5) is 0 Å². The van der Waals surface area contributed by atoms with Crippen molar-refractivity contribution in [2.24, 2.45) is 0 Å². The van der Waals surface area contributed by atoms with E-state index in [-0.39, 0.29) is 0 Å². The summed E-state index contributed by atoms with van der Waals surface area (Å²) in [4.78, 5) is 2.31. The fourth-order valence-electron chi connectivity index (χ4n) is 2.73. The number of hydrogen-bond acceptors (Lipinski definition) is 3. The quantitative estimate of drug-likeness (QED) is 0.837. The van der Waals surface area contributed by atoms with Gasteiger partial charge in [-0.2, -0.15) is 0 Å². The molecule has 0 bridgehead atoms. The number of nitrogens with one attached hydrogen (secondary N) is 1. The molecule has 0 saturated carbocycles. The number of halogens is 1. The van der Waals surface area contributed by atoms with Crippen LogP contribution in [-0.4, -0.2) is 43.8 Å². The second-order valence-corrected chi connectivity index (χ2v) is 6.03. The molecule has 112 valence electrons. The van der Waals surface area contributed by atoms with Crippen molar-refractivity contribution in [3.63, 3.8) is 0 Å². The first-order chi connectivity index (χ1) is 9.67. The number of nitrogens with zero attached hydrogens (tertiary/aromatic N) is 1. The zero-order valence-corrected chi connectivity index (χ0v) is 13.2. The summed E-state index contributed by atoms with van der Waals surface area (Å²) in [6.45, 7) is 6.02. The molecule has 0 aliphatic carbocycles. The molecule has 4 heteroatoms. The molecule has 2 atom stereocenters. The van der Waals surface area contributed by atoms with Crippen molar-refractivity contribution in [2.45, 2.75) is 38.5 Å². The molecular weight excluding hydrogens is 272 g/mol. The minimum atomic E-state index is 0.364. The smallest absolute Gasteiger partial charge is 0.0707 e. The summed E-state index contributed by atoms with van der Waals surface area (Å²) >= 11 is 6.02. The number of likely N-dealkylation sites (N-methyl/N-ethyl adjacent to an activating group) is 2. The largest absolute Gasteiger partial charge is 0.372 e. The van der Waals surface area contributed by atoms with Crippen LogP contribution in [-0.2, 0) is 11.3 Å². The van der Waals surface area contributed by atoms with Crippen molar-refractivity contribution in [2.75, 3.05) is 26.7 Å². The number of ether oxygens (including phenoxy) is 1. The van der Waals surface area contributed by atoms with Gasteiger partial charge in [0.1, 0.15) is 0 Å². The van der Waals surface area contributed by atoms with Gasteiger partial charge in [-0.1, -0.05) is 30.7 Å². The average Bonchev–Trinajstić information content (AvgIpc) is 2.83. The first-order valence-corrected chi connectivity index (χ1v) is 7.84. The molecule has 2 unspecified atom stereocenters. The van der Waals surface area contributed by atoms with Gasteiger partial charge in [0.05, 0.1) is 12.2 Å². The van der Waals surface area contributed by atoms with Crippen molar-refractivity contribution < 1.29 is 4.74 Å². The van der Waals surface area contributed by atoms with Crippen LogP contribution in [0.1, 0.15) is 25.3 Å². The monoisotopic (exact) mass is 296 g/mol. The molecule has 0 spiro atoms. The molecule has 0 radical (unpaired) electrons. The Labute approximate surface area is 127 Å². The van der Waals surface area contributed by atoms with Crippen molar-refractivity contribution in [3.8, 4) is 0 Å². The number of rotatable bonds is 7. The summed E-state index contributed by atoms with van der Waals surface area (Å²) in [6, 6.07) is 8.06. The molecular formula is C16H25ClN2O. The third kappa shape index (κ3) is 5.06. The van der Waals surface area contributed by atoms with Gasteiger partial charge in [0.15, 0.2) is 0 Å². The third-order valence-corrected chi connectivity index (χ3v) is 3.91. The van der Waals surface area contributed by atoms with Crippen LogP contribution in [0.2, 0.25) is 5.02 Å². The maximum atomic E-state index is 6.07. The molecule has 1 fully saturated rings. The van der Waals surface area contributed by atoms with E-state index in [0.29, 0.717) is 12.2 Å². The van der Waals surface area contributed by atoms with E-state index in [9.17, 15) is 0 Å². The van der Waals surface area contributed by atoms with Crippen molar-refractivity contribution in [3.05, 3.63) is 34.9 Å². The predicted octanol–water partition coefficient (Wildman–Crippen LogP) is 2.93. The van der Waals surface area contributed by atoms with Gasteiger partial charge in [0, 0.05) is 24.7 Å². The minimum absolute atomic E-state index is 0.364. The highest BCUT2D eigenvalue weighted by Crippen LogP contribution is 2.20. The van der Waals surface area contributed by atoms with Crippen LogP contribution in [0.25, 0.3) is 0 Å². The van der Waals surface area contributed by atoms with E-state index in [1.54, 1.807) is 0 Å². The molecule has 1 saturated heterocycles. The van der Waals surface area contributed by atoms with Gasteiger partial charge in [-0.25, -0.2) is 0 Å². The van der Waals surface area contributed by atoms with E-state index in [1.165, 1.54) is 12.0 Å². The van der Waals surface area contributed by atoms with Crippen LogP contribution in [0.15, 0.2) is 24.3 Å². The van der Waals surface area contributed by atoms with Gasteiger partial charge in [0.2, 0.25) is 0 Å². The van der Waals surface area contributed by atoms with Crippen LogP contribution >= 0.6 is 11.6 Å². The van der Waals surface area contributed by atoms with E-state index in [4.69, 9.17) is 16.3 Å². The Hall–Kier alpha value is -0.610. The van der Waals surface area contributed by atoms with Crippen molar-refractivity contribution in [1.82, 2.24) is 10.2 Å². The Morgan fingerprint density at radius 2 is 2.15 bits per heavy atom. The van der Waals surface area contributed by atoms with Gasteiger partial charge in [-0.05, 0) is 44.1 Å². The lowest BCUT2D eigenvalue weighted by Crippen LogP contribution is -2.31. The van der Waals surface area contributed by atoms with Crippen LogP contribution in [0, 0.1) is 0 Å². The molecule has 1 aromatic rings. The predicted molar refractivity (Wildman–Crippen MR) is 84.2 cm³/mol. The standard InChI is InChI=1S/C16H25ClN2O/c1-3-18-10-15-7-8-16(20-15)12-19(2)11-13-5-4-6-14(17)9-13/h4-6,9,15-16,18H,3,7-8,10-12H2,1-2H3. The van der Waals surface area contributed by atoms with Gasteiger partial charge in [-0.15, -0.1) is 0 Å². The molecule has 20 heavy (non-hydrogen) atoms. The molecule has 1 aliphatic rings. The summed E-state index contributed by atoms with van der Waals surface area (Å²) < 4.78 is 6.07. The summed E-state index contributed by atoms with van der Waals surface area (Å²) in [5.41, 5.74) is 1.25. The van der Waals surface area contributed by atoms with Gasteiger partial charge in [0.25, 0.3) is 0 Å². The summed E-state index contributed by atoms with van der Waals surface area (Å²) in [5.74, 6) is 0. The fraction of sp³-hybridized carbons (Fsp3) is 0.625. The second kappa shape index (κ2) is 7.99. The van der Waals surface area contributed by atoms with E-state index in [1.807, 2.05) is 18.2 Å². The van der Waals surface area contributed by atoms with Gasteiger partial charge >= 0.3 is 0 Å². The lowest BCUT2D eigenvalue weighted by Gasteiger charge is -2.21. The SMILES string of the molecule is CCNCC1CCC(CN(C)Cc2cccc(Cl)c2)O1. The number of benzene rings is 1. The van der Waals surface area contributed by atoms with Crippen molar-refractivity contribution >= 4 is 11.6 Å². The Bertz CT molecular complexity index is 413. The second-order valence-electron chi connectivity index (χ2n) is 5.59. The number of hydrogen-bond donors (Lipinski definition) is 1. The van der Waals surface area contributed by atoms with Crippen LogP contribution in [0.5, 0.6) is 0 Å². The molecule has 3 nitrogen and oxygen atoms in total. The van der Waals surface area contributed by atoms with E-state index in [2.05, 4.69) is 30.3 Å². The van der Waals surface area contributed by atoms with Gasteiger partial charge in [-0.3, -0.25) is 4.90 Å². The molecule has 1 aromatic carbocycles. The summed E-state index contributed by atoms with van der Waals surface area (Å²) in [7, 11) is 2.14. The average molecular weight is 297 g/mol. The topological polar surface area (TPSA) is 24.5 Å². The molecule has 0 amide bonds. The Balaban J connectivity index is 1.74. The summed E-state index contributed by atoms with van der Waals surface area (Å²) in [5, 5.41) is 4.16. The maximum Gasteiger partial charge on any atom is 0.0707 e. The molecule has 1 N–H and O–H groups in total. The maximum absolute atomic E-state index is 6.07. The van der Waals surface area contributed by atoms with E-state index >= 15 is 0 Å². The highest BCUT2D eigenvalue weighted by atomic mass is 35.5. The Morgan fingerprint density at radius 1 is 1.35 bits per heavy atom. The van der Waals surface area contributed by atoms with E-state index in [0.717, 1.165) is 37.6 Å². The molecule has 0 aromatic heterocycles. The first kappa shape index (κ1) is 15.8. The molecule has 1 heterocycles. The lowest BCUT2D eigenvalue weighted by molar-refractivity contribution is 0.0270. The van der Waals surface area contributed by atoms with Crippen LogP contribution in [0.3, 0.4) is 0 Å².